The lowest BCUT2D eigenvalue weighted by Gasteiger charge is -2.34. The van der Waals surface area contributed by atoms with Gasteiger partial charge in [-0.1, -0.05) is 73.9 Å². The maximum Gasteiger partial charge on any atom is 0.275 e. The average Bonchev–Trinajstić information content (AvgIpc) is 3.45. The molecule has 1 fully saturated rings. The van der Waals surface area contributed by atoms with E-state index in [9.17, 15) is 14.0 Å². The van der Waals surface area contributed by atoms with Gasteiger partial charge in [0.1, 0.15) is 17.6 Å². The Hall–Kier alpha value is -4.19. The van der Waals surface area contributed by atoms with Crippen molar-refractivity contribution in [3.05, 3.63) is 113 Å². The Morgan fingerprint density at radius 1 is 0.872 bits per heavy atom. The Morgan fingerprint density at radius 2 is 1.59 bits per heavy atom. The zero-order valence-corrected chi connectivity index (χ0v) is 22.4. The van der Waals surface area contributed by atoms with Crippen LogP contribution in [0.15, 0.2) is 84.9 Å². The number of rotatable bonds is 7. The van der Waals surface area contributed by atoms with Crippen LogP contribution in [-0.2, 0) is 4.79 Å². The van der Waals surface area contributed by atoms with Crippen LogP contribution < -0.4 is 10.2 Å². The lowest BCUT2D eigenvalue weighted by atomic mass is 9.94. The maximum atomic E-state index is 14.4. The van der Waals surface area contributed by atoms with Crippen molar-refractivity contribution in [3.8, 4) is 11.3 Å². The van der Waals surface area contributed by atoms with Gasteiger partial charge in [-0.15, -0.1) is 0 Å². The fraction of sp³-hybridized carbons (Fsp3) is 0.273. The van der Waals surface area contributed by atoms with Crippen LogP contribution in [0.1, 0.15) is 65.3 Å². The predicted molar refractivity (Wildman–Crippen MR) is 153 cm³/mol. The fourth-order valence-electron chi connectivity index (χ4n) is 5.39. The molecule has 2 N–H and O–H groups in total. The monoisotopic (exact) mass is 523 g/mol. The van der Waals surface area contributed by atoms with Gasteiger partial charge in [0.15, 0.2) is 0 Å². The average molecular weight is 524 g/mol. The molecule has 0 radical (unpaired) electrons. The molecule has 3 aromatic carbocycles. The van der Waals surface area contributed by atoms with Crippen molar-refractivity contribution < 1.29 is 14.0 Å². The molecule has 0 aliphatic heterocycles. The molecule has 5 nitrogen and oxygen atoms in total. The standard InChI is InChI=1S/C33H34FN3O2/c1-22-10-9-15-30(23(22)2)37(33(39)29-21-20-28(36-29)24-11-5-3-6-12-24)31(25-16-18-26(34)19-17-25)32(38)35-27-13-7-4-8-14-27/h3,5-6,9-12,15-21,27,31,36H,4,7-8,13-14H2,1-2H3,(H,35,38)/t31-/m1/s1. The van der Waals surface area contributed by atoms with Crippen LogP contribution in [-0.4, -0.2) is 22.8 Å². The highest BCUT2D eigenvalue weighted by Gasteiger charge is 2.36. The lowest BCUT2D eigenvalue weighted by Crippen LogP contribution is -2.47. The van der Waals surface area contributed by atoms with Crippen LogP contribution in [0.2, 0.25) is 0 Å². The molecule has 4 aromatic rings. The minimum absolute atomic E-state index is 0.0555. The third-order valence-electron chi connectivity index (χ3n) is 7.70. The highest BCUT2D eigenvalue weighted by Crippen LogP contribution is 2.34. The summed E-state index contributed by atoms with van der Waals surface area (Å²) < 4.78 is 14.0. The summed E-state index contributed by atoms with van der Waals surface area (Å²) in [6, 6.07) is 24.1. The summed E-state index contributed by atoms with van der Waals surface area (Å²) >= 11 is 0. The van der Waals surface area contributed by atoms with Gasteiger partial charge >= 0.3 is 0 Å². The lowest BCUT2D eigenvalue weighted by molar-refractivity contribution is -0.123. The quantitative estimate of drug-likeness (QED) is 0.267. The van der Waals surface area contributed by atoms with E-state index in [1.54, 1.807) is 23.1 Å². The first kappa shape index (κ1) is 26.4. The third-order valence-corrected chi connectivity index (χ3v) is 7.70. The summed E-state index contributed by atoms with van der Waals surface area (Å²) in [4.78, 5) is 33.3. The van der Waals surface area contributed by atoms with Crippen molar-refractivity contribution in [2.24, 2.45) is 0 Å². The molecule has 1 aliphatic carbocycles. The highest BCUT2D eigenvalue weighted by atomic mass is 19.1. The Labute approximate surface area is 229 Å². The molecular formula is C33H34FN3O2. The van der Waals surface area contributed by atoms with E-state index in [0.717, 1.165) is 54.5 Å². The number of nitrogens with one attached hydrogen (secondary N) is 2. The number of amides is 2. The van der Waals surface area contributed by atoms with Crippen LogP contribution in [0, 0.1) is 19.7 Å². The van der Waals surface area contributed by atoms with Crippen LogP contribution in [0.4, 0.5) is 10.1 Å². The first-order chi connectivity index (χ1) is 18.9. The summed E-state index contributed by atoms with van der Waals surface area (Å²) in [6.07, 6.45) is 5.12. The minimum Gasteiger partial charge on any atom is -0.351 e. The molecule has 1 aliphatic rings. The second kappa shape index (κ2) is 11.7. The van der Waals surface area contributed by atoms with Gasteiger partial charge in [-0.3, -0.25) is 14.5 Å². The number of hydrogen-bond donors (Lipinski definition) is 2. The van der Waals surface area contributed by atoms with Crippen molar-refractivity contribution in [2.45, 2.75) is 58.0 Å². The third kappa shape index (κ3) is 5.80. The van der Waals surface area contributed by atoms with Gasteiger partial charge in [-0.2, -0.15) is 0 Å². The van der Waals surface area contributed by atoms with Gasteiger partial charge in [-0.25, -0.2) is 4.39 Å². The molecule has 5 rings (SSSR count). The molecule has 0 unspecified atom stereocenters. The SMILES string of the molecule is Cc1cccc(N(C(=O)c2ccc(-c3ccccc3)[nH]2)[C@@H](C(=O)NC2CCCCC2)c2ccc(F)cc2)c1C. The number of carbonyl (C=O) groups is 2. The van der Waals surface area contributed by atoms with Gasteiger partial charge < -0.3 is 10.3 Å². The topological polar surface area (TPSA) is 65.2 Å². The van der Waals surface area contributed by atoms with Gasteiger partial charge in [-0.05, 0) is 79.3 Å². The Balaban J connectivity index is 1.61. The molecule has 0 bridgehead atoms. The predicted octanol–water partition coefficient (Wildman–Crippen LogP) is 7.27. The molecule has 6 heteroatoms. The molecule has 39 heavy (non-hydrogen) atoms. The Bertz CT molecular complexity index is 1440. The largest absolute Gasteiger partial charge is 0.351 e. The summed E-state index contributed by atoms with van der Waals surface area (Å²) in [5.74, 6) is -0.997. The number of aromatic amines is 1. The van der Waals surface area contributed by atoms with Crippen molar-refractivity contribution in [1.29, 1.82) is 0 Å². The molecule has 0 saturated heterocycles. The van der Waals surface area contributed by atoms with Crippen molar-refractivity contribution >= 4 is 17.5 Å². The number of anilines is 1. The zero-order valence-electron chi connectivity index (χ0n) is 22.4. The van der Waals surface area contributed by atoms with Crippen molar-refractivity contribution in [3.63, 3.8) is 0 Å². The van der Waals surface area contributed by atoms with Crippen LogP contribution >= 0.6 is 0 Å². The van der Waals surface area contributed by atoms with Gasteiger partial charge in [0.05, 0.1) is 0 Å². The zero-order chi connectivity index (χ0) is 27.4. The Kier molecular flexibility index (Phi) is 7.92. The summed E-state index contributed by atoms with van der Waals surface area (Å²) in [7, 11) is 0. The molecule has 200 valence electrons. The number of aryl methyl sites for hydroxylation is 1. The molecule has 2 amide bonds. The second-order valence-electron chi connectivity index (χ2n) is 10.3. The molecule has 1 aromatic heterocycles. The first-order valence-electron chi connectivity index (χ1n) is 13.6. The van der Waals surface area contributed by atoms with E-state index in [1.165, 1.54) is 12.1 Å². The van der Waals surface area contributed by atoms with Gasteiger partial charge in [0.25, 0.3) is 5.91 Å². The molecular weight excluding hydrogens is 489 g/mol. The first-order valence-corrected chi connectivity index (χ1v) is 13.6. The van der Waals surface area contributed by atoms with E-state index in [2.05, 4.69) is 10.3 Å². The Morgan fingerprint density at radius 3 is 2.31 bits per heavy atom. The summed E-state index contributed by atoms with van der Waals surface area (Å²) in [5.41, 5.74) is 5.24. The molecule has 0 spiro atoms. The van der Waals surface area contributed by atoms with E-state index >= 15 is 0 Å². The summed E-state index contributed by atoms with van der Waals surface area (Å²) in [6.45, 7) is 3.94. The second-order valence-corrected chi connectivity index (χ2v) is 10.3. The molecule has 1 atom stereocenters. The van der Waals surface area contributed by atoms with Crippen LogP contribution in [0.3, 0.4) is 0 Å². The van der Waals surface area contributed by atoms with E-state index < -0.39 is 11.9 Å². The number of aromatic nitrogens is 1. The van der Waals surface area contributed by atoms with E-state index in [-0.39, 0.29) is 17.9 Å². The number of nitrogens with zero attached hydrogens (tertiary/aromatic N) is 1. The van der Waals surface area contributed by atoms with Crippen LogP contribution in [0.25, 0.3) is 11.3 Å². The van der Waals surface area contributed by atoms with E-state index in [4.69, 9.17) is 0 Å². The van der Waals surface area contributed by atoms with Crippen LogP contribution in [0.5, 0.6) is 0 Å². The maximum absolute atomic E-state index is 14.4. The normalized spacial score (nSPS) is 14.5. The molecule has 1 heterocycles. The van der Waals surface area contributed by atoms with Crippen molar-refractivity contribution in [2.75, 3.05) is 4.90 Å². The number of H-pyrrole nitrogens is 1. The van der Waals surface area contributed by atoms with E-state index in [0.29, 0.717) is 16.9 Å². The van der Waals surface area contributed by atoms with Gasteiger partial charge in [0, 0.05) is 17.4 Å². The number of hydrogen-bond acceptors (Lipinski definition) is 2. The number of carbonyl (C=O) groups excluding carboxylic acids is 2. The van der Waals surface area contributed by atoms with Crippen molar-refractivity contribution in [1.82, 2.24) is 10.3 Å². The summed E-state index contributed by atoms with van der Waals surface area (Å²) in [5, 5.41) is 3.22. The van der Waals surface area contributed by atoms with Gasteiger partial charge in [0.2, 0.25) is 5.91 Å². The minimum atomic E-state index is -0.982. The highest BCUT2D eigenvalue weighted by molar-refractivity contribution is 6.10. The number of benzene rings is 3. The fourth-order valence-corrected chi connectivity index (χ4v) is 5.39. The van der Waals surface area contributed by atoms with E-state index in [1.807, 2.05) is 68.4 Å². The number of halogens is 1. The molecule has 1 saturated carbocycles. The smallest absolute Gasteiger partial charge is 0.275 e.